The number of anilines is 1. The van der Waals surface area contributed by atoms with E-state index in [1.54, 1.807) is 0 Å². The Kier molecular flexibility index (Phi) is 3.70. The molecule has 0 bridgehead atoms. The van der Waals surface area contributed by atoms with Crippen LogP contribution in [-0.2, 0) is 0 Å². The van der Waals surface area contributed by atoms with Gasteiger partial charge in [-0.1, -0.05) is 31.4 Å². The lowest BCUT2D eigenvalue weighted by atomic mass is 9.96. The van der Waals surface area contributed by atoms with Gasteiger partial charge in [0.2, 0.25) is 0 Å². The molecule has 0 spiro atoms. The van der Waals surface area contributed by atoms with E-state index < -0.39 is 0 Å². The van der Waals surface area contributed by atoms with Crippen LogP contribution >= 0.6 is 0 Å². The number of hydrogen-bond donors (Lipinski definition) is 2. The minimum absolute atomic E-state index is 0.496. The van der Waals surface area contributed by atoms with Gasteiger partial charge in [-0.15, -0.1) is 0 Å². The molecule has 1 fully saturated rings. The Morgan fingerprint density at radius 2 is 1.81 bits per heavy atom. The molecular weight excluding hydrogens is 322 g/mol. The van der Waals surface area contributed by atoms with Crippen molar-refractivity contribution < 1.29 is 4.42 Å². The molecule has 2 aromatic carbocycles. The molecule has 0 amide bonds. The fourth-order valence-corrected chi connectivity index (χ4v) is 4.05. The molecule has 4 nitrogen and oxygen atoms in total. The molecule has 2 N–H and O–H groups in total. The van der Waals surface area contributed by atoms with Crippen molar-refractivity contribution in [1.82, 2.24) is 9.97 Å². The van der Waals surface area contributed by atoms with Gasteiger partial charge in [-0.25, -0.2) is 0 Å². The van der Waals surface area contributed by atoms with Crippen LogP contribution < -0.4 is 5.32 Å². The number of hydrogen-bond acceptors (Lipinski definition) is 3. The Labute approximate surface area is 152 Å². The van der Waals surface area contributed by atoms with E-state index in [2.05, 4.69) is 58.6 Å². The van der Waals surface area contributed by atoms with Crippen LogP contribution in [0.15, 0.2) is 46.9 Å². The van der Waals surface area contributed by atoms with Crippen molar-refractivity contribution in [3.05, 3.63) is 48.2 Å². The largest absolute Gasteiger partial charge is 0.424 e. The van der Waals surface area contributed by atoms with Gasteiger partial charge in [-0.05, 0) is 61.2 Å². The third-order valence-corrected chi connectivity index (χ3v) is 5.41. The molecule has 0 saturated heterocycles. The SMILES string of the molecule is Cc1cc2cc(-c3ccc4oc(NC5CCCCC5)nc4c3)ccc2[nH]1. The van der Waals surface area contributed by atoms with E-state index in [0.29, 0.717) is 12.1 Å². The van der Waals surface area contributed by atoms with E-state index in [4.69, 9.17) is 4.42 Å². The number of nitrogens with zero attached hydrogens (tertiary/aromatic N) is 1. The third-order valence-electron chi connectivity index (χ3n) is 5.41. The third kappa shape index (κ3) is 2.85. The van der Waals surface area contributed by atoms with E-state index >= 15 is 0 Å². The minimum atomic E-state index is 0.496. The van der Waals surface area contributed by atoms with Crippen molar-refractivity contribution in [1.29, 1.82) is 0 Å². The Hall–Kier alpha value is -2.75. The van der Waals surface area contributed by atoms with Crippen molar-refractivity contribution in [2.24, 2.45) is 0 Å². The second-order valence-electron chi connectivity index (χ2n) is 7.44. The van der Waals surface area contributed by atoms with Crippen LogP contribution in [0.25, 0.3) is 33.1 Å². The normalized spacial score (nSPS) is 15.7. The van der Waals surface area contributed by atoms with Gasteiger partial charge < -0.3 is 14.7 Å². The first-order chi connectivity index (χ1) is 12.7. The molecule has 26 heavy (non-hydrogen) atoms. The highest BCUT2D eigenvalue weighted by molar-refractivity contribution is 5.88. The summed E-state index contributed by atoms with van der Waals surface area (Å²) < 4.78 is 5.91. The van der Waals surface area contributed by atoms with Gasteiger partial charge in [0.05, 0.1) is 0 Å². The van der Waals surface area contributed by atoms with Crippen LogP contribution in [0, 0.1) is 6.92 Å². The maximum absolute atomic E-state index is 5.91. The van der Waals surface area contributed by atoms with Crippen molar-refractivity contribution >= 4 is 28.0 Å². The van der Waals surface area contributed by atoms with Gasteiger partial charge in [0.25, 0.3) is 6.01 Å². The molecule has 2 heterocycles. The van der Waals surface area contributed by atoms with Gasteiger partial charge in [0.15, 0.2) is 5.58 Å². The molecule has 4 heteroatoms. The van der Waals surface area contributed by atoms with E-state index in [9.17, 15) is 0 Å². The second kappa shape index (κ2) is 6.20. The number of aromatic amines is 1. The zero-order chi connectivity index (χ0) is 17.5. The van der Waals surface area contributed by atoms with Gasteiger partial charge in [0.1, 0.15) is 5.52 Å². The topological polar surface area (TPSA) is 53.9 Å². The van der Waals surface area contributed by atoms with Crippen LogP contribution in [0.1, 0.15) is 37.8 Å². The predicted octanol–water partition coefficient (Wildman–Crippen LogP) is 6.03. The number of aryl methyl sites for hydroxylation is 1. The standard InChI is InChI=1S/C22H23N3O/c1-14-11-17-12-15(7-9-19(17)23-14)16-8-10-21-20(13-16)25-22(26-21)24-18-5-3-2-4-6-18/h7-13,18,23H,2-6H2,1H3,(H,24,25). The van der Waals surface area contributed by atoms with Crippen LogP contribution in [-0.4, -0.2) is 16.0 Å². The van der Waals surface area contributed by atoms with Crippen molar-refractivity contribution in [3.8, 4) is 11.1 Å². The lowest BCUT2D eigenvalue weighted by molar-refractivity contribution is 0.451. The molecule has 5 rings (SSSR count). The summed E-state index contributed by atoms with van der Waals surface area (Å²) in [6, 6.07) is 16.1. The van der Waals surface area contributed by atoms with Gasteiger partial charge in [0, 0.05) is 22.6 Å². The van der Waals surface area contributed by atoms with E-state index in [1.165, 1.54) is 54.3 Å². The van der Waals surface area contributed by atoms with Crippen LogP contribution in [0.2, 0.25) is 0 Å². The quantitative estimate of drug-likeness (QED) is 0.477. The highest BCUT2D eigenvalue weighted by Crippen LogP contribution is 2.29. The number of H-pyrrole nitrogens is 1. The van der Waals surface area contributed by atoms with Crippen molar-refractivity contribution in [2.45, 2.75) is 45.1 Å². The minimum Gasteiger partial charge on any atom is -0.424 e. The van der Waals surface area contributed by atoms with Gasteiger partial charge in [-0.3, -0.25) is 0 Å². The van der Waals surface area contributed by atoms with E-state index in [0.717, 1.165) is 16.7 Å². The highest BCUT2D eigenvalue weighted by Gasteiger charge is 2.16. The summed E-state index contributed by atoms with van der Waals surface area (Å²) in [5.41, 5.74) is 6.46. The number of benzene rings is 2. The van der Waals surface area contributed by atoms with Crippen LogP contribution in [0.3, 0.4) is 0 Å². The maximum Gasteiger partial charge on any atom is 0.295 e. The van der Waals surface area contributed by atoms with E-state index in [1.807, 2.05) is 6.07 Å². The number of oxazole rings is 1. The molecular formula is C22H23N3O. The summed E-state index contributed by atoms with van der Waals surface area (Å²) in [5.74, 6) is 0. The Balaban J connectivity index is 1.46. The van der Waals surface area contributed by atoms with Crippen molar-refractivity contribution in [3.63, 3.8) is 0 Å². The molecule has 1 aliphatic rings. The molecule has 4 aromatic rings. The zero-order valence-corrected chi connectivity index (χ0v) is 15.0. The molecule has 0 unspecified atom stereocenters. The van der Waals surface area contributed by atoms with Crippen LogP contribution in [0.4, 0.5) is 6.01 Å². The molecule has 0 atom stereocenters. The fraction of sp³-hybridized carbons (Fsp3) is 0.318. The lowest BCUT2D eigenvalue weighted by Crippen LogP contribution is -2.22. The second-order valence-corrected chi connectivity index (χ2v) is 7.44. The monoisotopic (exact) mass is 345 g/mol. The first kappa shape index (κ1) is 15.5. The maximum atomic E-state index is 5.91. The van der Waals surface area contributed by atoms with E-state index in [-0.39, 0.29) is 0 Å². The summed E-state index contributed by atoms with van der Waals surface area (Å²) in [4.78, 5) is 8.05. The molecule has 0 aliphatic heterocycles. The molecule has 0 radical (unpaired) electrons. The number of rotatable bonds is 3. The van der Waals surface area contributed by atoms with Gasteiger partial charge in [-0.2, -0.15) is 4.98 Å². The molecule has 1 saturated carbocycles. The number of nitrogens with one attached hydrogen (secondary N) is 2. The number of aromatic nitrogens is 2. The predicted molar refractivity (Wildman–Crippen MR) is 107 cm³/mol. The average molecular weight is 345 g/mol. The summed E-state index contributed by atoms with van der Waals surface area (Å²) >= 11 is 0. The average Bonchev–Trinajstić information content (AvgIpc) is 3.22. The molecule has 2 aromatic heterocycles. The fourth-order valence-electron chi connectivity index (χ4n) is 4.05. The van der Waals surface area contributed by atoms with Crippen LogP contribution in [0.5, 0.6) is 0 Å². The smallest absolute Gasteiger partial charge is 0.295 e. The number of fused-ring (bicyclic) bond motifs is 2. The first-order valence-electron chi connectivity index (χ1n) is 9.51. The Bertz CT molecular complexity index is 1070. The lowest BCUT2D eigenvalue weighted by Gasteiger charge is -2.21. The van der Waals surface area contributed by atoms with Crippen molar-refractivity contribution in [2.75, 3.05) is 5.32 Å². The Morgan fingerprint density at radius 3 is 2.69 bits per heavy atom. The van der Waals surface area contributed by atoms with Gasteiger partial charge >= 0.3 is 0 Å². The first-order valence-corrected chi connectivity index (χ1v) is 9.51. The summed E-state index contributed by atoms with van der Waals surface area (Å²) in [6.07, 6.45) is 6.35. The molecule has 132 valence electrons. The summed E-state index contributed by atoms with van der Waals surface area (Å²) in [6.45, 7) is 2.09. The summed E-state index contributed by atoms with van der Waals surface area (Å²) in [5, 5.41) is 4.71. The summed E-state index contributed by atoms with van der Waals surface area (Å²) in [7, 11) is 0. The zero-order valence-electron chi connectivity index (χ0n) is 15.0. The molecule has 1 aliphatic carbocycles. The Morgan fingerprint density at radius 1 is 1.00 bits per heavy atom. The highest BCUT2D eigenvalue weighted by atomic mass is 16.4.